The highest BCUT2D eigenvalue weighted by atomic mass is 32.1. The molecule has 0 bridgehead atoms. The highest BCUT2D eigenvalue weighted by Crippen LogP contribution is 2.28. The van der Waals surface area contributed by atoms with Crippen LogP contribution in [-0.2, 0) is 17.8 Å². The lowest BCUT2D eigenvalue weighted by Gasteiger charge is -2.35. The van der Waals surface area contributed by atoms with Gasteiger partial charge in [-0.1, -0.05) is 38.7 Å². The summed E-state index contributed by atoms with van der Waals surface area (Å²) in [6, 6.07) is 10.1. The van der Waals surface area contributed by atoms with Crippen LogP contribution < -0.4 is 14.8 Å². The molecule has 1 aromatic heterocycles. The van der Waals surface area contributed by atoms with E-state index in [-0.39, 0.29) is 24.5 Å². The fourth-order valence-electron chi connectivity index (χ4n) is 4.83. The molecule has 0 radical (unpaired) electrons. The first kappa shape index (κ1) is 28.8. The van der Waals surface area contributed by atoms with E-state index in [0.717, 1.165) is 49.0 Å². The van der Waals surface area contributed by atoms with Crippen LogP contribution in [0.5, 0.6) is 11.5 Å². The molecule has 3 rings (SSSR count). The van der Waals surface area contributed by atoms with Gasteiger partial charge in [0.05, 0.1) is 20.8 Å². The first-order valence-corrected chi connectivity index (χ1v) is 14.3. The van der Waals surface area contributed by atoms with Gasteiger partial charge in [-0.05, 0) is 62.4 Å². The molecule has 0 atom stereocenters. The lowest BCUT2D eigenvalue weighted by molar-refractivity contribution is -0.133. The minimum absolute atomic E-state index is 0.0113. The zero-order valence-electron chi connectivity index (χ0n) is 22.9. The highest BCUT2D eigenvalue weighted by Gasteiger charge is 2.29. The molecular formula is C29H43N3O4S. The second kappa shape index (κ2) is 14.9. The molecule has 37 heavy (non-hydrogen) atoms. The molecule has 1 aromatic carbocycles. The Morgan fingerprint density at radius 3 is 2.46 bits per heavy atom. The molecule has 0 unspecified atom stereocenters. The zero-order valence-corrected chi connectivity index (χ0v) is 23.7. The van der Waals surface area contributed by atoms with Crippen molar-refractivity contribution < 1.29 is 19.1 Å². The molecule has 0 saturated heterocycles. The number of urea groups is 1. The number of aryl methyl sites for hydroxylation is 1. The van der Waals surface area contributed by atoms with Crippen molar-refractivity contribution in [1.82, 2.24) is 15.1 Å². The van der Waals surface area contributed by atoms with E-state index in [9.17, 15) is 9.59 Å². The Labute approximate surface area is 226 Å². The molecule has 0 spiro atoms. The summed E-state index contributed by atoms with van der Waals surface area (Å²) in [6.45, 7) is 6.04. The van der Waals surface area contributed by atoms with Gasteiger partial charge in [0.1, 0.15) is 6.54 Å². The monoisotopic (exact) mass is 529 g/mol. The van der Waals surface area contributed by atoms with E-state index in [4.69, 9.17) is 9.47 Å². The molecule has 1 aliphatic carbocycles. The largest absolute Gasteiger partial charge is 0.493 e. The summed E-state index contributed by atoms with van der Waals surface area (Å²) < 4.78 is 10.8. The summed E-state index contributed by atoms with van der Waals surface area (Å²) >= 11 is 1.71. The number of thiophene rings is 1. The molecule has 204 valence electrons. The Hall–Kier alpha value is -2.74. The van der Waals surface area contributed by atoms with E-state index in [1.165, 1.54) is 11.3 Å². The maximum absolute atomic E-state index is 13.8. The number of carbonyl (C=O) groups is 2. The van der Waals surface area contributed by atoms with Crippen LogP contribution in [0.2, 0.25) is 0 Å². The van der Waals surface area contributed by atoms with Crippen LogP contribution in [0.4, 0.5) is 4.79 Å². The number of nitrogens with one attached hydrogen (secondary N) is 1. The second-order valence-electron chi connectivity index (χ2n) is 9.77. The summed E-state index contributed by atoms with van der Waals surface area (Å²) in [7, 11) is 3.25. The van der Waals surface area contributed by atoms with E-state index in [1.54, 1.807) is 30.5 Å². The first-order chi connectivity index (χ1) is 17.9. The number of amides is 3. The van der Waals surface area contributed by atoms with Crippen LogP contribution in [0.1, 0.15) is 67.2 Å². The Morgan fingerprint density at radius 1 is 1.05 bits per heavy atom. The second-order valence-corrected chi connectivity index (χ2v) is 11.1. The van der Waals surface area contributed by atoms with Gasteiger partial charge in [-0.2, -0.15) is 0 Å². The summed E-state index contributed by atoms with van der Waals surface area (Å²) in [6.07, 6.45) is 7.98. The number of nitrogens with zero attached hydrogens (tertiary/aromatic N) is 2. The molecule has 1 saturated carbocycles. The van der Waals surface area contributed by atoms with Gasteiger partial charge in [-0.3, -0.25) is 4.79 Å². The molecule has 1 fully saturated rings. The Balaban J connectivity index is 1.75. The average molecular weight is 530 g/mol. The van der Waals surface area contributed by atoms with Crippen molar-refractivity contribution in [2.45, 2.75) is 77.8 Å². The van der Waals surface area contributed by atoms with Crippen LogP contribution in [0.25, 0.3) is 0 Å². The number of methoxy groups -OCH3 is 2. The van der Waals surface area contributed by atoms with Gasteiger partial charge < -0.3 is 24.6 Å². The molecule has 1 N–H and O–H groups in total. The zero-order chi connectivity index (χ0) is 26.6. The lowest BCUT2D eigenvalue weighted by atomic mass is 9.94. The van der Waals surface area contributed by atoms with Gasteiger partial charge in [0, 0.05) is 28.9 Å². The molecule has 3 amide bonds. The van der Waals surface area contributed by atoms with Crippen LogP contribution in [-0.4, -0.2) is 61.6 Å². The fourth-order valence-corrected chi connectivity index (χ4v) is 5.74. The van der Waals surface area contributed by atoms with Gasteiger partial charge in [-0.15, -0.1) is 11.3 Å². The normalized spacial score (nSPS) is 13.7. The predicted octanol–water partition coefficient (Wildman–Crippen LogP) is 5.79. The van der Waals surface area contributed by atoms with Crippen molar-refractivity contribution in [3.8, 4) is 11.5 Å². The Bertz CT molecular complexity index is 1000. The van der Waals surface area contributed by atoms with E-state index in [0.29, 0.717) is 37.6 Å². The van der Waals surface area contributed by atoms with Crippen LogP contribution in [0.15, 0.2) is 30.3 Å². The summed E-state index contributed by atoms with van der Waals surface area (Å²) in [5, 5.41) is 3.05. The van der Waals surface area contributed by atoms with Crippen molar-refractivity contribution in [1.29, 1.82) is 0 Å². The topological polar surface area (TPSA) is 71.1 Å². The maximum Gasteiger partial charge on any atom is 0.318 e. The molecule has 0 aliphatic heterocycles. The van der Waals surface area contributed by atoms with Crippen LogP contribution in [0.3, 0.4) is 0 Å². The number of rotatable bonds is 13. The van der Waals surface area contributed by atoms with E-state index < -0.39 is 0 Å². The minimum Gasteiger partial charge on any atom is -0.493 e. The smallest absolute Gasteiger partial charge is 0.318 e. The van der Waals surface area contributed by atoms with E-state index in [2.05, 4.69) is 31.3 Å². The number of carbonyl (C=O) groups excluding carboxylic acids is 2. The Morgan fingerprint density at radius 2 is 1.81 bits per heavy atom. The van der Waals surface area contributed by atoms with Gasteiger partial charge in [-0.25, -0.2) is 4.79 Å². The SMILES string of the molecule is CCCCNC(=O)N(CC(=O)N(CCc1ccc(OC)c(OC)c1)Cc1ccc(C)s1)C1CCCCC1. The standard InChI is InChI=1S/C29H43N3O4S/c1-5-6-17-30-29(34)32(24-10-8-7-9-11-24)21-28(33)31(20-25-14-12-22(2)37-25)18-16-23-13-15-26(35-3)27(19-23)36-4/h12-15,19,24H,5-11,16-18,20-21H2,1-4H3,(H,30,34). The number of benzene rings is 1. The lowest BCUT2D eigenvalue weighted by Crippen LogP contribution is -2.52. The molecule has 1 heterocycles. The van der Waals surface area contributed by atoms with Crippen molar-refractivity contribution in [3.05, 3.63) is 45.6 Å². The van der Waals surface area contributed by atoms with Gasteiger partial charge >= 0.3 is 6.03 Å². The molecule has 2 aromatic rings. The van der Waals surface area contributed by atoms with E-state index >= 15 is 0 Å². The molecule has 1 aliphatic rings. The summed E-state index contributed by atoms with van der Waals surface area (Å²) in [4.78, 5) is 33.0. The summed E-state index contributed by atoms with van der Waals surface area (Å²) in [5.74, 6) is 1.35. The van der Waals surface area contributed by atoms with Crippen molar-refractivity contribution in [2.75, 3.05) is 33.9 Å². The number of hydrogen-bond donors (Lipinski definition) is 1. The van der Waals surface area contributed by atoms with Gasteiger partial charge in [0.15, 0.2) is 11.5 Å². The fraction of sp³-hybridized carbons (Fsp3) is 0.586. The summed E-state index contributed by atoms with van der Waals surface area (Å²) in [5.41, 5.74) is 1.07. The van der Waals surface area contributed by atoms with Crippen LogP contribution in [0, 0.1) is 6.92 Å². The Kier molecular flexibility index (Phi) is 11.6. The first-order valence-electron chi connectivity index (χ1n) is 13.5. The third-order valence-corrected chi connectivity index (χ3v) is 7.99. The molecule has 7 nitrogen and oxygen atoms in total. The number of unbranched alkanes of at least 4 members (excludes halogenated alkanes) is 1. The predicted molar refractivity (Wildman–Crippen MR) is 150 cm³/mol. The van der Waals surface area contributed by atoms with Crippen molar-refractivity contribution in [2.24, 2.45) is 0 Å². The molecule has 8 heteroatoms. The molecular weight excluding hydrogens is 486 g/mol. The van der Waals surface area contributed by atoms with E-state index in [1.807, 2.05) is 23.1 Å². The highest BCUT2D eigenvalue weighted by molar-refractivity contribution is 7.11. The maximum atomic E-state index is 13.8. The van der Waals surface area contributed by atoms with Crippen molar-refractivity contribution >= 4 is 23.3 Å². The van der Waals surface area contributed by atoms with Crippen LogP contribution >= 0.6 is 11.3 Å². The number of hydrogen-bond acceptors (Lipinski definition) is 5. The minimum atomic E-state index is -0.111. The van der Waals surface area contributed by atoms with Gasteiger partial charge in [0.25, 0.3) is 0 Å². The quantitative estimate of drug-likeness (QED) is 0.334. The third kappa shape index (κ3) is 8.66. The third-order valence-electron chi connectivity index (χ3n) is 7.00. The number of ether oxygens (including phenoxy) is 2. The average Bonchev–Trinajstić information content (AvgIpc) is 3.34. The van der Waals surface area contributed by atoms with Crippen molar-refractivity contribution in [3.63, 3.8) is 0 Å². The van der Waals surface area contributed by atoms with Gasteiger partial charge in [0.2, 0.25) is 5.91 Å².